The molecular formula is C24H24F3N5O2. The molecule has 1 aliphatic heterocycles. The molecule has 2 fully saturated rings. The SMILES string of the molecule is C[C@@H](Nc1ncnc2c1cc(C(=O)N1CC3CCC1C3)c(=O)n2C)c1cccc(C(F)F)c1F. The van der Waals surface area contributed by atoms with Gasteiger partial charge in [0.25, 0.3) is 17.9 Å². The molecule has 3 aromatic rings. The van der Waals surface area contributed by atoms with Gasteiger partial charge < -0.3 is 10.2 Å². The predicted molar refractivity (Wildman–Crippen MR) is 120 cm³/mol. The molecule has 2 aromatic heterocycles. The second kappa shape index (κ2) is 8.41. The molecule has 5 rings (SSSR count). The highest BCUT2D eigenvalue weighted by molar-refractivity contribution is 5.99. The summed E-state index contributed by atoms with van der Waals surface area (Å²) in [6.07, 6.45) is 1.34. The Morgan fingerprint density at radius 1 is 1.21 bits per heavy atom. The van der Waals surface area contributed by atoms with Gasteiger partial charge in [-0.25, -0.2) is 23.1 Å². The molecule has 1 saturated heterocycles. The normalized spacial score (nSPS) is 20.4. The standard InChI is InChI=1S/C24H24F3N5O2/c1-12(15-4-3-5-16(19(15)25)20(26)27)30-21-17-9-18(23(33)31(2)22(17)29-11-28-21)24(34)32-10-13-6-7-14(32)8-13/h3-5,9,11-14,20H,6-8,10H2,1-2H3,(H,28,29,30)/t12-,13?,14?/m1/s1. The first kappa shape index (κ1) is 22.4. The maximum Gasteiger partial charge on any atom is 0.266 e. The second-order valence-electron chi connectivity index (χ2n) is 9.09. The van der Waals surface area contributed by atoms with Crippen LogP contribution in [-0.2, 0) is 7.05 Å². The average Bonchev–Trinajstić information content (AvgIpc) is 3.45. The number of hydrogen-bond acceptors (Lipinski definition) is 5. The van der Waals surface area contributed by atoms with E-state index in [9.17, 15) is 22.8 Å². The minimum absolute atomic E-state index is 0.0268. The fraction of sp³-hybridized carbons (Fsp3) is 0.417. The first-order valence-corrected chi connectivity index (χ1v) is 11.2. The van der Waals surface area contributed by atoms with Gasteiger partial charge in [0.15, 0.2) is 0 Å². The zero-order valence-corrected chi connectivity index (χ0v) is 18.8. The van der Waals surface area contributed by atoms with Crippen LogP contribution in [0.15, 0.2) is 35.4 Å². The number of aromatic nitrogens is 3. The van der Waals surface area contributed by atoms with Crippen molar-refractivity contribution in [2.24, 2.45) is 13.0 Å². The van der Waals surface area contributed by atoms with Crippen molar-refractivity contribution in [1.82, 2.24) is 19.4 Å². The minimum Gasteiger partial charge on any atom is -0.363 e. The molecule has 1 aromatic carbocycles. The van der Waals surface area contributed by atoms with E-state index >= 15 is 0 Å². The van der Waals surface area contributed by atoms with Crippen molar-refractivity contribution >= 4 is 22.8 Å². The van der Waals surface area contributed by atoms with Gasteiger partial charge in [-0.05, 0) is 38.2 Å². The highest BCUT2D eigenvalue weighted by Gasteiger charge is 2.41. The number of hydrogen-bond donors (Lipinski definition) is 1. The van der Waals surface area contributed by atoms with Crippen LogP contribution < -0.4 is 10.9 Å². The van der Waals surface area contributed by atoms with Gasteiger partial charge in [-0.1, -0.05) is 18.2 Å². The van der Waals surface area contributed by atoms with E-state index in [4.69, 9.17) is 0 Å². The molecule has 2 aliphatic rings. The first-order valence-electron chi connectivity index (χ1n) is 11.2. The number of aryl methyl sites for hydroxylation is 1. The second-order valence-corrected chi connectivity index (χ2v) is 9.09. The minimum atomic E-state index is -2.93. The molecule has 3 atom stereocenters. The van der Waals surface area contributed by atoms with Crippen LogP contribution in [0.5, 0.6) is 0 Å². The highest BCUT2D eigenvalue weighted by Crippen LogP contribution is 2.38. The van der Waals surface area contributed by atoms with Crippen LogP contribution in [0.1, 0.15) is 60.1 Å². The van der Waals surface area contributed by atoms with Crippen LogP contribution in [-0.4, -0.2) is 37.9 Å². The van der Waals surface area contributed by atoms with Gasteiger partial charge in [-0.15, -0.1) is 0 Å². The van der Waals surface area contributed by atoms with Crippen LogP contribution in [0.4, 0.5) is 19.0 Å². The number of piperidine rings is 1. The number of amides is 1. The largest absolute Gasteiger partial charge is 0.363 e. The molecule has 178 valence electrons. The molecule has 0 radical (unpaired) electrons. The van der Waals surface area contributed by atoms with E-state index in [1.165, 1.54) is 36.1 Å². The molecule has 1 saturated carbocycles. The number of likely N-dealkylation sites (tertiary alicyclic amines) is 1. The third-order valence-corrected chi connectivity index (χ3v) is 7.02. The lowest BCUT2D eigenvalue weighted by atomic mass is 10.0. The van der Waals surface area contributed by atoms with Gasteiger partial charge in [-0.3, -0.25) is 14.2 Å². The van der Waals surface area contributed by atoms with Crippen molar-refractivity contribution in [2.45, 2.75) is 44.7 Å². The van der Waals surface area contributed by atoms with Gasteiger partial charge in [0.1, 0.15) is 29.2 Å². The summed E-state index contributed by atoms with van der Waals surface area (Å²) in [4.78, 5) is 36.5. The number of fused-ring (bicyclic) bond motifs is 3. The number of rotatable bonds is 5. The highest BCUT2D eigenvalue weighted by atomic mass is 19.3. The van der Waals surface area contributed by atoms with Crippen molar-refractivity contribution in [3.05, 3.63) is 63.5 Å². The maximum absolute atomic E-state index is 14.7. The number of carbonyl (C=O) groups excluding carboxylic acids is 1. The number of alkyl halides is 2. The van der Waals surface area contributed by atoms with E-state index in [1.54, 1.807) is 11.8 Å². The Balaban J connectivity index is 1.53. The third kappa shape index (κ3) is 3.61. The van der Waals surface area contributed by atoms with Gasteiger partial charge >= 0.3 is 0 Å². The zero-order valence-electron chi connectivity index (χ0n) is 18.8. The van der Waals surface area contributed by atoms with Gasteiger partial charge in [0.05, 0.1) is 17.0 Å². The lowest BCUT2D eigenvalue weighted by molar-refractivity contribution is 0.0701. The van der Waals surface area contributed by atoms with E-state index in [0.717, 1.165) is 25.3 Å². The number of benzene rings is 1. The number of pyridine rings is 1. The van der Waals surface area contributed by atoms with Gasteiger partial charge in [0, 0.05) is 25.2 Å². The first-order chi connectivity index (χ1) is 16.3. The molecule has 34 heavy (non-hydrogen) atoms. The fourth-order valence-corrected chi connectivity index (χ4v) is 5.22. The lowest BCUT2D eigenvalue weighted by Crippen LogP contribution is -2.41. The number of nitrogens with one attached hydrogen (secondary N) is 1. The fourth-order valence-electron chi connectivity index (χ4n) is 5.22. The Morgan fingerprint density at radius 3 is 2.65 bits per heavy atom. The smallest absolute Gasteiger partial charge is 0.266 e. The summed E-state index contributed by atoms with van der Waals surface area (Å²) in [6.45, 7) is 2.27. The predicted octanol–water partition coefficient (Wildman–Crippen LogP) is 4.20. The van der Waals surface area contributed by atoms with Crippen LogP contribution in [0, 0.1) is 11.7 Å². The Labute approximate surface area is 193 Å². The number of anilines is 1. The van der Waals surface area contributed by atoms with Crippen molar-refractivity contribution in [1.29, 1.82) is 0 Å². The molecule has 2 bridgehead atoms. The van der Waals surface area contributed by atoms with Gasteiger partial charge in [0.2, 0.25) is 0 Å². The molecule has 2 unspecified atom stereocenters. The summed E-state index contributed by atoms with van der Waals surface area (Å²) in [6, 6.07) is 4.77. The third-order valence-electron chi connectivity index (χ3n) is 7.02. The number of carbonyl (C=O) groups is 1. The summed E-state index contributed by atoms with van der Waals surface area (Å²) in [7, 11) is 1.53. The molecule has 0 spiro atoms. The molecule has 7 nitrogen and oxygen atoms in total. The van der Waals surface area contributed by atoms with E-state index < -0.39 is 29.4 Å². The number of nitrogens with zero attached hydrogens (tertiary/aromatic N) is 4. The lowest BCUT2D eigenvalue weighted by Gasteiger charge is -2.27. The summed E-state index contributed by atoms with van der Waals surface area (Å²) >= 11 is 0. The van der Waals surface area contributed by atoms with E-state index in [2.05, 4.69) is 15.3 Å². The molecular weight excluding hydrogens is 447 g/mol. The topological polar surface area (TPSA) is 80.1 Å². The van der Waals surface area contributed by atoms with Crippen molar-refractivity contribution < 1.29 is 18.0 Å². The van der Waals surface area contributed by atoms with Gasteiger partial charge in [-0.2, -0.15) is 0 Å². The molecule has 1 N–H and O–H groups in total. The Bertz CT molecular complexity index is 1340. The monoisotopic (exact) mass is 471 g/mol. The Morgan fingerprint density at radius 2 is 1.97 bits per heavy atom. The maximum atomic E-state index is 14.7. The average molecular weight is 471 g/mol. The van der Waals surface area contributed by atoms with E-state index in [1.807, 2.05) is 0 Å². The molecule has 3 heterocycles. The Kier molecular flexibility index (Phi) is 5.53. The molecule has 1 aliphatic carbocycles. The quantitative estimate of drug-likeness (QED) is 0.603. The Hall–Kier alpha value is -3.43. The van der Waals surface area contributed by atoms with Crippen molar-refractivity contribution in [3.8, 4) is 0 Å². The van der Waals surface area contributed by atoms with Crippen molar-refractivity contribution in [3.63, 3.8) is 0 Å². The zero-order chi connectivity index (χ0) is 24.1. The summed E-state index contributed by atoms with van der Waals surface area (Å²) in [5.74, 6) is -0.540. The van der Waals surface area contributed by atoms with Crippen LogP contribution in [0.2, 0.25) is 0 Å². The van der Waals surface area contributed by atoms with Crippen LogP contribution in [0.3, 0.4) is 0 Å². The van der Waals surface area contributed by atoms with E-state index in [0.29, 0.717) is 23.5 Å². The summed E-state index contributed by atoms with van der Waals surface area (Å²) < 4.78 is 42.3. The van der Waals surface area contributed by atoms with E-state index in [-0.39, 0.29) is 28.9 Å². The number of halogens is 3. The molecule has 1 amide bonds. The van der Waals surface area contributed by atoms with Crippen molar-refractivity contribution in [2.75, 3.05) is 11.9 Å². The van der Waals surface area contributed by atoms with Crippen LogP contribution in [0.25, 0.3) is 11.0 Å². The van der Waals surface area contributed by atoms with Crippen LogP contribution >= 0.6 is 0 Å². The summed E-state index contributed by atoms with van der Waals surface area (Å²) in [5.41, 5.74) is -0.740. The molecule has 10 heteroatoms. The summed E-state index contributed by atoms with van der Waals surface area (Å²) in [5, 5.41) is 3.45.